The quantitative estimate of drug-likeness (QED) is 0.481. The lowest BCUT2D eigenvalue weighted by Gasteiger charge is -2.38. The van der Waals surface area contributed by atoms with E-state index in [1.165, 1.54) is 0 Å². The predicted molar refractivity (Wildman–Crippen MR) is 113 cm³/mol. The van der Waals surface area contributed by atoms with Gasteiger partial charge in [0.1, 0.15) is 6.04 Å². The van der Waals surface area contributed by atoms with Gasteiger partial charge in [-0.05, 0) is 25.2 Å². The molecule has 2 bridgehead atoms. The third-order valence-corrected chi connectivity index (χ3v) is 8.88. The predicted octanol–water partition coefficient (Wildman–Crippen LogP) is 1.15. The molecule has 29 heavy (non-hydrogen) atoms. The van der Waals surface area contributed by atoms with Crippen LogP contribution in [0.5, 0.6) is 0 Å². The molecule has 0 radical (unpaired) electrons. The van der Waals surface area contributed by atoms with Crippen molar-refractivity contribution in [2.24, 2.45) is 17.8 Å². The second kappa shape index (κ2) is 8.84. The van der Waals surface area contributed by atoms with Crippen molar-refractivity contribution in [3.05, 3.63) is 0 Å². The van der Waals surface area contributed by atoms with Crippen LogP contribution < -0.4 is 10.6 Å². The Morgan fingerprint density at radius 2 is 2.03 bits per heavy atom. The highest BCUT2D eigenvalue weighted by Crippen LogP contribution is 2.66. The van der Waals surface area contributed by atoms with Gasteiger partial charge in [0.15, 0.2) is 0 Å². The number of carbonyl (C=O) groups is 3. The SMILES string of the molecule is CCCCCNC(=O)C1N([C@@H](CO)C(C)C)C(=O)[C@@H]2[C@H](C(=O)NC)[C@@H]3CCC12S3. The second-order valence-corrected chi connectivity index (χ2v) is 10.5. The standard InChI is InChI=1S/C21H35N3O4S/c1-5-6-7-10-23-19(27)17-21-9-8-14(29-21)15(18(26)22-4)16(21)20(28)24(17)13(11-25)12(2)3/h12-17,25H,5-11H2,1-4H3,(H,22,26)(H,23,27)/t13-,14-,15+,16-,17?,21?/m0/s1. The molecule has 1 spiro atoms. The number of nitrogens with zero attached hydrogens (tertiary/aromatic N) is 1. The summed E-state index contributed by atoms with van der Waals surface area (Å²) in [7, 11) is 1.60. The fourth-order valence-corrected chi connectivity index (χ4v) is 7.72. The number of hydrogen-bond acceptors (Lipinski definition) is 5. The molecule has 2 unspecified atom stereocenters. The molecule has 3 rings (SSSR count). The van der Waals surface area contributed by atoms with Crippen molar-refractivity contribution < 1.29 is 19.5 Å². The Labute approximate surface area is 177 Å². The lowest BCUT2D eigenvalue weighted by Crippen LogP contribution is -2.57. The molecule has 0 aromatic rings. The molecule has 0 aromatic heterocycles. The highest BCUT2D eigenvalue weighted by molar-refractivity contribution is 8.02. The van der Waals surface area contributed by atoms with Crippen molar-refractivity contribution in [1.29, 1.82) is 0 Å². The number of aliphatic hydroxyl groups excluding tert-OH is 1. The highest BCUT2D eigenvalue weighted by Gasteiger charge is 2.74. The summed E-state index contributed by atoms with van der Waals surface area (Å²) in [5.41, 5.74) is 0. The van der Waals surface area contributed by atoms with E-state index in [9.17, 15) is 19.5 Å². The topological polar surface area (TPSA) is 98.7 Å². The molecule has 164 valence electrons. The summed E-state index contributed by atoms with van der Waals surface area (Å²) < 4.78 is -0.573. The monoisotopic (exact) mass is 425 g/mol. The van der Waals surface area contributed by atoms with Crippen LogP contribution in [0.2, 0.25) is 0 Å². The number of carbonyl (C=O) groups excluding carboxylic acids is 3. The van der Waals surface area contributed by atoms with Gasteiger partial charge in [0.2, 0.25) is 17.7 Å². The van der Waals surface area contributed by atoms with Gasteiger partial charge in [0, 0.05) is 18.8 Å². The lowest BCUT2D eigenvalue weighted by atomic mass is 9.71. The van der Waals surface area contributed by atoms with Gasteiger partial charge < -0.3 is 20.6 Å². The number of thioether (sulfide) groups is 1. The van der Waals surface area contributed by atoms with E-state index in [0.29, 0.717) is 6.54 Å². The summed E-state index contributed by atoms with van der Waals surface area (Å²) in [6.45, 7) is 6.42. The maximum atomic E-state index is 13.6. The number of fused-ring (bicyclic) bond motifs is 1. The fraction of sp³-hybridized carbons (Fsp3) is 0.857. The van der Waals surface area contributed by atoms with Gasteiger partial charge in [0.05, 0.1) is 29.2 Å². The third-order valence-electron chi connectivity index (χ3n) is 6.93. The number of amides is 3. The molecule has 3 amide bonds. The van der Waals surface area contributed by atoms with Crippen LogP contribution in [0.1, 0.15) is 52.9 Å². The van der Waals surface area contributed by atoms with E-state index in [0.717, 1.165) is 32.1 Å². The van der Waals surface area contributed by atoms with Gasteiger partial charge in [-0.25, -0.2) is 0 Å². The molecule has 6 atom stereocenters. The molecule has 3 N–H and O–H groups in total. The number of rotatable bonds is 9. The Hall–Kier alpha value is -1.28. The molecule has 3 aliphatic rings. The van der Waals surface area contributed by atoms with Crippen molar-refractivity contribution in [1.82, 2.24) is 15.5 Å². The van der Waals surface area contributed by atoms with Gasteiger partial charge in [-0.3, -0.25) is 14.4 Å². The maximum Gasteiger partial charge on any atom is 0.244 e. The largest absolute Gasteiger partial charge is 0.394 e. The highest BCUT2D eigenvalue weighted by atomic mass is 32.2. The molecule has 3 fully saturated rings. The van der Waals surface area contributed by atoms with E-state index >= 15 is 0 Å². The average Bonchev–Trinajstić information content (AvgIpc) is 3.33. The Kier molecular flexibility index (Phi) is 6.83. The second-order valence-electron chi connectivity index (χ2n) is 8.91. The first-order valence-electron chi connectivity index (χ1n) is 10.9. The molecule has 3 saturated heterocycles. The molecule has 3 heterocycles. The Morgan fingerprint density at radius 1 is 1.31 bits per heavy atom. The smallest absolute Gasteiger partial charge is 0.244 e. The molecule has 3 aliphatic heterocycles. The van der Waals surface area contributed by atoms with E-state index in [1.807, 2.05) is 13.8 Å². The minimum Gasteiger partial charge on any atom is -0.394 e. The van der Waals surface area contributed by atoms with Crippen LogP contribution >= 0.6 is 11.8 Å². The molecule has 0 aromatic carbocycles. The summed E-state index contributed by atoms with van der Waals surface area (Å²) in [6, 6.07) is -1.07. The first kappa shape index (κ1) is 22.4. The number of nitrogens with one attached hydrogen (secondary N) is 2. The number of aliphatic hydroxyl groups is 1. The first-order valence-corrected chi connectivity index (χ1v) is 11.8. The van der Waals surface area contributed by atoms with Crippen LogP contribution in [0.25, 0.3) is 0 Å². The molecular weight excluding hydrogens is 390 g/mol. The molecule has 7 nitrogen and oxygen atoms in total. The average molecular weight is 426 g/mol. The number of hydrogen-bond donors (Lipinski definition) is 3. The van der Waals surface area contributed by atoms with E-state index in [4.69, 9.17) is 0 Å². The van der Waals surface area contributed by atoms with E-state index in [1.54, 1.807) is 23.7 Å². The fourth-order valence-electron chi connectivity index (χ4n) is 5.52. The Morgan fingerprint density at radius 3 is 2.62 bits per heavy atom. The normalized spacial score (nSPS) is 33.9. The summed E-state index contributed by atoms with van der Waals surface area (Å²) >= 11 is 1.66. The summed E-state index contributed by atoms with van der Waals surface area (Å²) in [4.78, 5) is 41.3. The minimum absolute atomic E-state index is 0.00946. The Bertz CT molecular complexity index is 658. The summed E-state index contributed by atoms with van der Waals surface area (Å²) in [6.07, 6.45) is 4.62. The van der Waals surface area contributed by atoms with E-state index < -0.39 is 28.7 Å². The molecule has 0 aliphatic carbocycles. The van der Waals surface area contributed by atoms with Gasteiger partial charge in [0.25, 0.3) is 0 Å². The zero-order valence-corrected chi connectivity index (χ0v) is 18.8. The van der Waals surface area contributed by atoms with Crippen LogP contribution in [0.4, 0.5) is 0 Å². The van der Waals surface area contributed by atoms with Crippen molar-refractivity contribution in [2.45, 2.75) is 75.0 Å². The van der Waals surface area contributed by atoms with Crippen LogP contribution in [-0.2, 0) is 14.4 Å². The Balaban J connectivity index is 1.96. The zero-order valence-electron chi connectivity index (χ0n) is 17.9. The van der Waals surface area contributed by atoms with Crippen molar-refractivity contribution in [3.63, 3.8) is 0 Å². The van der Waals surface area contributed by atoms with Gasteiger partial charge in [-0.15, -0.1) is 11.8 Å². The van der Waals surface area contributed by atoms with Crippen LogP contribution in [0, 0.1) is 17.8 Å². The number of likely N-dealkylation sites (tertiary alicyclic amines) is 1. The first-order chi connectivity index (χ1) is 13.8. The maximum absolute atomic E-state index is 13.6. The molecule has 0 saturated carbocycles. The zero-order chi connectivity index (χ0) is 21.3. The third kappa shape index (κ3) is 3.56. The number of unbranched alkanes of at least 4 members (excludes halogenated alkanes) is 2. The van der Waals surface area contributed by atoms with E-state index in [2.05, 4.69) is 17.6 Å². The van der Waals surface area contributed by atoms with Crippen molar-refractivity contribution >= 4 is 29.5 Å². The lowest BCUT2D eigenvalue weighted by molar-refractivity contribution is -0.143. The van der Waals surface area contributed by atoms with Crippen molar-refractivity contribution in [3.8, 4) is 0 Å². The van der Waals surface area contributed by atoms with Gasteiger partial charge in [-0.2, -0.15) is 0 Å². The molecular formula is C21H35N3O4S. The van der Waals surface area contributed by atoms with Crippen LogP contribution in [-0.4, -0.2) is 70.0 Å². The van der Waals surface area contributed by atoms with Crippen molar-refractivity contribution in [2.75, 3.05) is 20.2 Å². The van der Waals surface area contributed by atoms with Gasteiger partial charge in [-0.1, -0.05) is 33.6 Å². The van der Waals surface area contributed by atoms with Gasteiger partial charge >= 0.3 is 0 Å². The van der Waals surface area contributed by atoms with E-state index in [-0.39, 0.29) is 35.5 Å². The van der Waals surface area contributed by atoms with Crippen LogP contribution in [0.15, 0.2) is 0 Å². The molecule has 8 heteroatoms. The van der Waals surface area contributed by atoms with Crippen LogP contribution in [0.3, 0.4) is 0 Å². The minimum atomic E-state index is -0.633. The summed E-state index contributed by atoms with van der Waals surface area (Å²) in [5, 5.41) is 15.9. The summed E-state index contributed by atoms with van der Waals surface area (Å²) in [5.74, 6) is -1.29.